The SMILES string of the molecule is CC/C=C(\C=NC(C)(C)CCNC(=O)CN1CCOCC1)NC(=O)C(=N)C(C)=C(C)N. The molecule has 0 aromatic rings. The van der Waals surface area contributed by atoms with Crippen LogP contribution in [-0.4, -0.2) is 73.6 Å². The van der Waals surface area contributed by atoms with E-state index >= 15 is 0 Å². The van der Waals surface area contributed by atoms with E-state index in [1.807, 2.05) is 26.8 Å². The summed E-state index contributed by atoms with van der Waals surface area (Å²) in [5, 5.41) is 13.6. The highest BCUT2D eigenvalue weighted by Crippen LogP contribution is 2.13. The predicted octanol–water partition coefficient (Wildman–Crippen LogP) is 1.36. The molecule has 0 aliphatic carbocycles. The number of nitrogens with two attached hydrogens (primary N) is 1. The van der Waals surface area contributed by atoms with Gasteiger partial charge >= 0.3 is 0 Å². The fourth-order valence-electron chi connectivity index (χ4n) is 2.75. The maximum Gasteiger partial charge on any atom is 0.273 e. The van der Waals surface area contributed by atoms with Gasteiger partial charge in [0.25, 0.3) is 5.91 Å². The van der Waals surface area contributed by atoms with Gasteiger partial charge in [0.2, 0.25) is 5.91 Å². The molecule has 1 heterocycles. The van der Waals surface area contributed by atoms with Gasteiger partial charge in [-0.25, -0.2) is 0 Å². The monoisotopic (exact) mass is 434 g/mol. The number of nitrogens with zero attached hydrogens (tertiary/aromatic N) is 2. The molecule has 0 unspecified atom stereocenters. The zero-order chi connectivity index (χ0) is 23.4. The Hall–Kier alpha value is -2.52. The number of nitrogens with one attached hydrogen (secondary N) is 3. The van der Waals surface area contributed by atoms with Crippen LogP contribution in [0.3, 0.4) is 0 Å². The number of hydrogen-bond acceptors (Lipinski definition) is 7. The standard InChI is InChI=1S/C22H38N6O3/c1-6-7-18(27-21(30)20(24)16(2)17(3)23)14-26-22(4,5)8-9-25-19(29)15-28-10-12-31-13-11-28/h7,14,24H,6,8-13,15,23H2,1-5H3,(H,25,29)(H,27,30)/b17-16?,18-7+,24-20?,26-14?. The second kappa shape index (κ2) is 13.0. The van der Waals surface area contributed by atoms with Crippen LogP contribution in [0.1, 0.15) is 47.5 Å². The van der Waals surface area contributed by atoms with E-state index in [1.165, 1.54) is 0 Å². The molecule has 1 rings (SSSR count). The molecule has 1 aliphatic heterocycles. The van der Waals surface area contributed by atoms with Crippen LogP contribution in [0.4, 0.5) is 0 Å². The van der Waals surface area contributed by atoms with E-state index in [0.29, 0.717) is 56.1 Å². The molecule has 31 heavy (non-hydrogen) atoms. The number of morpholine rings is 1. The van der Waals surface area contributed by atoms with Crippen LogP contribution in [0.5, 0.6) is 0 Å². The molecule has 0 aromatic heterocycles. The predicted molar refractivity (Wildman–Crippen MR) is 124 cm³/mol. The summed E-state index contributed by atoms with van der Waals surface area (Å²) in [5.41, 5.74) is 6.49. The molecule has 0 bridgehead atoms. The lowest BCUT2D eigenvalue weighted by molar-refractivity contribution is -0.123. The van der Waals surface area contributed by atoms with Crippen LogP contribution < -0.4 is 16.4 Å². The van der Waals surface area contributed by atoms with E-state index in [-0.39, 0.29) is 11.6 Å². The summed E-state index contributed by atoms with van der Waals surface area (Å²) in [6.07, 6.45) is 4.80. The number of carbonyl (C=O) groups excluding carboxylic acids is 2. The zero-order valence-electron chi connectivity index (χ0n) is 19.5. The number of hydrogen-bond donors (Lipinski definition) is 4. The lowest BCUT2D eigenvalue weighted by atomic mass is 10.0. The minimum atomic E-state index is -0.526. The Morgan fingerprint density at radius 2 is 1.90 bits per heavy atom. The molecule has 0 saturated carbocycles. The molecule has 5 N–H and O–H groups in total. The molecular formula is C22H38N6O3. The van der Waals surface area contributed by atoms with Crippen LogP contribution in [0.2, 0.25) is 0 Å². The number of rotatable bonds is 11. The van der Waals surface area contributed by atoms with Gasteiger partial charge in [0.05, 0.1) is 31.0 Å². The van der Waals surface area contributed by atoms with Crippen molar-refractivity contribution in [3.8, 4) is 0 Å². The second-order valence-electron chi connectivity index (χ2n) is 8.26. The summed E-state index contributed by atoms with van der Waals surface area (Å²) in [7, 11) is 0. The van der Waals surface area contributed by atoms with Crippen molar-refractivity contribution in [3.63, 3.8) is 0 Å². The first kappa shape index (κ1) is 26.5. The third-order valence-electron chi connectivity index (χ3n) is 4.96. The average Bonchev–Trinajstić information content (AvgIpc) is 2.71. The molecule has 9 heteroatoms. The molecule has 0 spiro atoms. The molecule has 1 saturated heterocycles. The minimum Gasteiger partial charge on any atom is -0.402 e. The molecule has 0 atom stereocenters. The van der Waals surface area contributed by atoms with E-state index in [9.17, 15) is 9.59 Å². The minimum absolute atomic E-state index is 0.00218. The van der Waals surface area contributed by atoms with Gasteiger partial charge < -0.3 is 21.1 Å². The molecule has 0 radical (unpaired) electrons. The van der Waals surface area contributed by atoms with Crippen molar-refractivity contribution in [3.05, 3.63) is 23.0 Å². The van der Waals surface area contributed by atoms with Gasteiger partial charge in [-0.15, -0.1) is 0 Å². The van der Waals surface area contributed by atoms with Gasteiger partial charge in [-0.2, -0.15) is 0 Å². The molecular weight excluding hydrogens is 396 g/mol. The van der Waals surface area contributed by atoms with Gasteiger partial charge in [0, 0.05) is 31.5 Å². The fourth-order valence-corrected chi connectivity index (χ4v) is 2.75. The number of allylic oxidation sites excluding steroid dienone is 3. The summed E-state index contributed by atoms with van der Waals surface area (Å²) >= 11 is 0. The Bertz CT molecular complexity index is 730. The van der Waals surface area contributed by atoms with Crippen molar-refractivity contribution in [2.75, 3.05) is 39.4 Å². The van der Waals surface area contributed by atoms with E-state index in [4.69, 9.17) is 15.9 Å². The quantitative estimate of drug-likeness (QED) is 0.364. The maximum atomic E-state index is 12.3. The zero-order valence-corrected chi connectivity index (χ0v) is 19.5. The molecule has 0 aromatic carbocycles. The molecule has 9 nitrogen and oxygen atoms in total. The lowest BCUT2D eigenvalue weighted by Crippen LogP contribution is -2.43. The Morgan fingerprint density at radius 1 is 1.26 bits per heavy atom. The van der Waals surface area contributed by atoms with Crippen molar-refractivity contribution < 1.29 is 14.3 Å². The van der Waals surface area contributed by atoms with Crippen LogP contribution in [0.25, 0.3) is 0 Å². The van der Waals surface area contributed by atoms with Crippen LogP contribution in [0, 0.1) is 5.41 Å². The Morgan fingerprint density at radius 3 is 2.48 bits per heavy atom. The Labute approximate surface area is 185 Å². The summed E-state index contributed by atoms with van der Waals surface area (Å²) in [6, 6.07) is 0. The van der Waals surface area contributed by atoms with Crippen molar-refractivity contribution in [2.45, 2.75) is 53.0 Å². The Kier molecular flexibility index (Phi) is 11.1. The van der Waals surface area contributed by atoms with Crippen molar-refractivity contribution in [1.82, 2.24) is 15.5 Å². The van der Waals surface area contributed by atoms with Crippen molar-refractivity contribution >= 4 is 23.7 Å². The molecule has 1 fully saturated rings. The van der Waals surface area contributed by atoms with E-state index in [2.05, 4.69) is 20.5 Å². The lowest BCUT2D eigenvalue weighted by Gasteiger charge is -2.26. The van der Waals surface area contributed by atoms with Crippen molar-refractivity contribution in [2.24, 2.45) is 10.7 Å². The van der Waals surface area contributed by atoms with E-state index in [0.717, 1.165) is 13.1 Å². The summed E-state index contributed by atoms with van der Waals surface area (Å²) in [5.74, 6) is -0.528. The molecule has 2 amide bonds. The highest BCUT2D eigenvalue weighted by atomic mass is 16.5. The summed E-state index contributed by atoms with van der Waals surface area (Å²) in [4.78, 5) is 31.1. The van der Waals surface area contributed by atoms with Gasteiger partial charge in [-0.1, -0.05) is 13.0 Å². The van der Waals surface area contributed by atoms with Crippen molar-refractivity contribution in [1.29, 1.82) is 5.41 Å². The number of carbonyl (C=O) groups is 2. The number of ether oxygens (including phenoxy) is 1. The number of aliphatic imine (C=N–C) groups is 1. The third-order valence-corrected chi connectivity index (χ3v) is 4.96. The highest BCUT2D eigenvalue weighted by Gasteiger charge is 2.18. The topological polar surface area (TPSA) is 133 Å². The van der Waals surface area contributed by atoms with Crippen LogP contribution >= 0.6 is 0 Å². The van der Waals surface area contributed by atoms with E-state index < -0.39 is 11.4 Å². The van der Waals surface area contributed by atoms with Gasteiger partial charge in [0.1, 0.15) is 5.71 Å². The second-order valence-corrected chi connectivity index (χ2v) is 8.26. The maximum absolute atomic E-state index is 12.3. The van der Waals surface area contributed by atoms with E-state index in [1.54, 1.807) is 20.1 Å². The van der Waals surface area contributed by atoms with Crippen LogP contribution in [0.15, 0.2) is 28.0 Å². The number of amides is 2. The average molecular weight is 435 g/mol. The summed E-state index contributed by atoms with van der Waals surface area (Å²) < 4.78 is 5.29. The van der Waals surface area contributed by atoms with Gasteiger partial charge in [-0.05, 0) is 46.1 Å². The molecule has 174 valence electrons. The van der Waals surface area contributed by atoms with Gasteiger partial charge in [-0.3, -0.25) is 24.9 Å². The third kappa shape index (κ3) is 10.4. The normalized spacial score (nSPS) is 16.7. The first-order valence-corrected chi connectivity index (χ1v) is 10.7. The van der Waals surface area contributed by atoms with Gasteiger partial charge in [0.15, 0.2) is 0 Å². The first-order chi connectivity index (χ1) is 14.6. The highest BCUT2D eigenvalue weighted by molar-refractivity contribution is 6.44. The molecule has 1 aliphatic rings. The van der Waals surface area contributed by atoms with Crippen LogP contribution in [-0.2, 0) is 14.3 Å². The smallest absolute Gasteiger partial charge is 0.273 e. The first-order valence-electron chi connectivity index (χ1n) is 10.7. The Balaban J connectivity index is 2.56. The largest absolute Gasteiger partial charge is 0.402 e. The summed E-state index contributed by atoms with van der Waals surface area (Å²) in [6.45, 7) is 13.0. The fraction of sp³-hybridized carbons (Fsp3) is 0.636.